The van der Waals surface area contributed by atoms with Gasteiger partial charge >= 0.3 is 7.12 Å². The lowest BCUT2D eigenvalue weighted by atomic mass is 9.79. The van der Waals surface area contributed by atoms with Crippen molar-refractivity contribution >= 4 is 12.6 Å². The van der Waals surface area contributed by atoms with Crippen LogP contribution in [0.4, 0.5) is 4.39 Å². The molecule has 0 aliphatic heterocycles. The third kappa shape index (κ3) is 4.69. The third-order valence-electron chi connectivity index (χ3n) is 3.42. The molecule has 3 N–H and O–H groups in total. The molecule has 5 nitrogen and oxygen atoms in total. The predicted molar refractivity (Wildman–Crippen MR) is 86.3 cm³/mol. The highest BCUT2D eigenvalue weighted by Gasteiger charge is 2.13. The Balaban J connectivity index is 2.02. The summed E-state index contributed by atoms with van der Waals surface area (Å²) in [5, 5.41) is 21.4. The number of ether oxygens (including phenoxy) is 2. The summed E-state index contributed by atoms with van der Waals surface area (Å²) in [7, 11) is 1.48. The van der Waals surface area contributed by atoms with Gasteiger partial charge in [-0.25, -0.2) is 4.39 Å². The monoisotopic (exact) mass is 319 g/mol. The molecule has 0 aliphatic rings. The molecule has 2 rings (SSSR count). The van der Waals surface area contributed by atoms with Gasteiger partial charge in [0.15, 0.2) is 0 Å². The Morgan fingerprint density at radius 1 is 1.04 bits per heavy atom. The molecule has 0 aliphatic carbocycles. The van der Waals surface area contributed by atoms with Gasteiger partial charge in [-0.1, -0.05) is 12.1 Å². The van der Waals surface area contributed by atoms with Crippen molar-refractivity contribution in [3.8, 4) is 11.5 Å². The van der Waals surface area contributed by atoms with Crippen molar-refractivity contribution < 1.29 is 23.9 Å². The molecule has 23 heavy (non-hydrogen) atoms. The first-order valence-electron chi connectivity index (χ1n) is 7.10. The highest BCUT2D eigenvalue weighted by atomic mass is 19.1. The molecule has 2 aromatic carbocycles. The summed E-state index contributed by atoms with van der Waals surface area (Å²) < 4.78 is 23.9. The molecule has 0 amide bonds. The summed E-state index contributed by atoms with van der Waals surface area (Å²) in [5.74, 6) is 0.897. The number of benzene rings is 2. The van der Waals surface area contributed by atoms with Crippen molar-refractivity contribution in [2.45, 2.75) is 13.1 Å². The summed E-state index contributed by atoms with van der Waals surface area (Å²) in [6.07, 6.45) is 0. The third-order valence-corrected chi connectivity index (χ3v) is 3.42. The van der Waals surface area contributed by atoms with Gasteiger partial charge in [0, 0.05) is 24.7 Å². The number of nitrogens with one attached hydrogen (secondary N) is 1. The second-order valence-electron chi connectivity index (χ2n) is 5.05. The molecule has 0 heterocycles. The van der Waals surface area contributed by atoms with Crippen LogP contribution < -0.4 is 20.3 Å². The zero-order valence-corrected chi connectivity index (χ0v) is 13.0. The van der Waals surface area contributed by atoms with Crippen LogP contribution in [0.15, 0.2) is 36.4 Å². The Kier molecular flexibility index (Phi) is 5.98. The molecule has 0 radical (unpaired) electrons. The molecular formula is C16H19BFNO4. The lowest BCUT2D eigenvalue weighted by Gasteiger charge is -2.12. The van der Waals surface area contributed by atoms with Crippen molar-refractivity contribution in [1.82, 2.24) is 5.32 Å². The van der Waals surface area contributed by atoms with Crippen LogP contribution in [0.2, 0.25) is 0 Å². The van der Waals surface area contributed by atoms with E-state index in [1.54, 1.807) is 26.4 Å². The van der Waals surface area contributed by atoms with E-state index in [4.69, 9.17) is 19.5 Å². The largest absolute Gasteiger partial charge is 0.497 e. The first-order valence-corrected chi connectivity index (χ1v) is 7.10. The van der Waals surface area contributed by atoms with Gasteiger partial charge in [-0.15, -0.1) is 0 Å². The van der Waals surface area contributed by atoms with Crippen LogP contribution in [0.5, 0.6) is 11.5 Å². The van der Waals surface area contributed by atoms with Crippen LogP contribution in [0.25, 0.3) is 0 Å². The van der Waals surface area contributed by atoms with Crippen LogP contribution in [0.1, 0.15) is 11.1 Å². The topological polar surface area (TPSA) is 71.0 Å². The molecular weight excluding hydrogens is 300 g/mol. The Morgan fingerprint density at radius 2 is 1.83 bits per heavy atom. The second-order valence-corrected chi connectivity index (χ2v) is 5.05. The minimum absolute atomic E-state index is 0.129. The molecule has 0 bridgehead atoms. The molecule has 0 saturated heterocycles. The van der Waals surface area contributed by atoms with E-state index in [9.17, 15) is 4.39 Å². The lowest BCUT2D eigenvalue weighted by Crippen LogP contribution is -2.31. The zero-order valence-electron chi connectivity index (χ0n) is 13.0. The summed E-state index contributed by atoms with van der Waals surface area (Å²) in [5.41, 5.74) is 1.69. The average Bonchev–Trinajstić information content (AvgIpc) is 2.54. The minimum Gasteiger partial charge on any atom is -0.497 e. The van der Waals surface area contributed by atoms with Gasteiger partial charge in [-0.2, -0.15) is 0 Å². The number of hydrogen-bond donors (Lipinski definition) is 3. The lowest BCUT2D eigenvalue weighted by molar-refractivity contribution is 0.390. The first-order chi connectivity index (χ1) is 11.0. The van der Waals surface area contributed by atoms with E-state index < -0.39 is 12.9 Å². The summed E-state index contributed by atoms with van der Waals surface area (Å²) in [4.78, 5) is 0. The number of halogens is 1. The van der Waals surface area contributed by atoms with Gasteiger partial charge in [0.1, 0.15) is 17.3 Å². The summed E-state index contributed by atoms with van der Waals surface area (Å²) in [6.45, 7) is 0.896. The van der Waals surface area contributed by atoms with Gasteiger partial charge in [-0.05, 0) is 29.2 Å². The fraction of sp³-hybridized carbons (Fsp3) is 0.250. The van der Waals surface area contributed by atoms with Gasteiger partial charge in [-0.3, -0.25) is 0 Å². The van der Waals surface area contributed by atoms with Crippen LogP contribution in [0, 0.1) is 5.82 Å². The second kappa shape index (κ2) is 7.96. The van der Waals surface area contributed by atoms with Crippen molar-refractivity contribution in [3.05, 3.63) is 53.3 Å². The fourth-order valence-electron chi connectivity index (χ4n) is 2.27. The van der Waals surface area contributed by atoms with Crippen molar-refractivity contribution in [2.75, 3.05) is 14.2 Å². The van der Waals surface area contributed by atoms with Crippen molar-refractivity contribution in [3.63, 3.8) is 0 Å². The summed E-state index contributed by atoms with van der Waals surface area (Å²) in [6, 6.07) is 9.51. The van der Waals surface area contributed by atoms with Gasteiger partial charge in [0.2, 0.25) is 0 Å². The molecule has 0 saturated carbocycles. The zero-order chi connectivity index (χ0) is 16.8. The molecule has 7 heteroatoms. The van der Waals surface area contributed by atoms with Gasteiger partial charge in [0.25, 0.3) is 0 Å². The SMILES string of the molecule is COc1ccc(CNCc2cc(F)cc(B(O)O)c2)c(OC)c1. The van der Waals surface area contributed by atoms with Crippen LogP contribution in [-0.2, 0) is 13.1 Å². The van der Waals surface area contributed by atoms with E-state index in [2.05, 4.69) is 5.32 Å². The minimum atomic E-state index is -1.69. The smallest absolute Gasteiger partial charge is 0.488 e. The quantitative estimate of drug-likeness (QED) is 0.659. The number of rotatable bonds is 7. The van der Waals surface area contributed by atoms with Gasteiger partial charge in [0.05, 0.1) is 14.2 Å². The number of hydrogen-bond acceptors (Lipinski definition) is 5. The maximum Gasteiger partial charge on any atom is 0.488 e. The van der Waals surface area contributed by atoms with E-state index in [1.165, 1.54) is 6.07 Å². The highest BCUT2D eigenvalue weighted by molar-refractivity contribution is 6.58. The Hall–Kier alpha value is -2.09. The highest BCUT2D eigenvalue weighted by Crippen LogP contribution is 2.24. The number of methoxy groups -OCH3 is 2. The Labute approximate surface area is 134 Å². The maximum atomic E-state index is 13.5. The van der Waals surface area contributed by atoms with E-state index >= 15 is 0 Å². The van der Waals surface area contributed by atoms with Crippen molar-refractivity contribution in [1.29, 1.82) is 0 Å². The van der Waals surface area contributed by atoms with Gasteiger partial charge < -0.3 is 24.8 Å². The van der Waals surface area contributed by atoms with E-state index in [-0.39, 0.29) is 5.46 Å². The van der Waals surface area contributed by atoms with E-state index in [0.29, 0.717) is 30.2 Å². The van der Waals surface area contributed by atoms with Crippen LogP contribution in [0.3, 0.4) is 0 Å². The molecule has 122 valence electrons. The molecule has 0 spiro atoms. The molecule has 0 fully saturated rings. The maximum absolute atomic E-state index is 13.5. The molecule has 2 aromatic rings. The molecule has 0 aromatic heterocycles. The standard InChI is InChI=1S/C16H19BFNO4/c1-22-15-4-3-12(16(8-15)23-2)10-19-9-11-5-13(17(20)21)7-14(18)6-11/h3-8,19-21H,9-10H2,1-2H3. The van der Waals surface area contributed by atoms with Crippen LogP contribution >= 0.6 is 0 Å². The van der Waals surface area contributed by atoms with E-state index in [0.717, 1.165) is 11.6 Å². The predicted octanol–water partition coefficient (Wildman–Crippen LogP) is 0.812. The van der Waals surface area contributed by atoms with E-state index in [1.807, 2.05) is 12.1 Å². The van der Waals surface area contributed by atoms with Crippen molar-refractivity contribution in [2.24, 2.45) is 0 Å². The van der Waals surface area contributed by atoms with Crippen LogP contribution in [-0.4, -0.2) is 31.4 Å². The Morgan fingerprint density at radius 3 is 2.48 bits per heavy atom. The summed E-state index contributed by atoms with van der Waals surface area (Å²) >= 11 is 0. The molecule has 0 unspecified atom stereocenters. The Bertz CT molecular complexity index is 667. The fourth-order valence-corrected chi connectivity index (χ4v) is 2.27. The normalized spacial score (nSPS) is 10.5. The average molecular weight is 319 g/mol. The first kappa shape index (κ1) is 17.3. The molecule has 0 atom stereocenters.